The number of aryl methyl sites for hydroxylation is 1. The molecule has 0 heterocycles. The minimum Gasteiger partial charge on any atom is -0.490 e. The van der Waals surface area contributed by atoms with Gasteiger partial charge in [-0.25, -0.2) is 4.79 Å². The van der Waals surface area contributed by atoms with Gasteiger partial charge in [-0.15, -0.1) is 0 Å². The van der Waals surface area contributed by atoms with Gasteiger partial charge in [-0.3, -0.25) is 0 Å². The molecule has 0 radical (unpaired) electrons. The van der Waals surface area contributed by atoms with Crippen molar-refractivity contribution in [3.05, 3.63) is 88.4 Å². The van der Waals surface area contributed by atoms with E-state index in [0.29, 0.717) is 30.3 Å². The Balaban J connectivity index is 1.55. The van der Waals surface area contributed by atoms with Gasteiger partial charge in [0.25, 0.3) is 0 Å². The number of halogens is 1. The highest BCUT2D eigenvalue weighted by atomic mass is 79.9. The van der Waals surface area contributed by atoms with Crippen LogP contribution in [0.15, 0.2) is 77.3 Å². The van der Waals surface area contributed by atoms with Gasteiger partial charge in [0.1, 0.15) is 30.5 Å². The van der Waals surface area contributed by atoms with Gasteiger partial charge in [-0.2, -0.15) is 0 Å². The van der Waals surface area contributed by atoms with Crippen molar-refractivity contribution in [1.29, 1.82) is 0 Å². The maximum Gasteiger partial charge on any atom is 0.343 e. The van der Waals surface area contributed by atoms with E-state index in [4.69, 9.17) is 14.2 Å². The summed E-state index contributed by atoms with van der Waals surface area (Å²) in [6, 6.07) is 22.0. The topological polar surface area (TPSA) is 44.8 Å². The lowest BCUT2D eigenvalue weighted by molar-refractivity contribution is 0.0733. The Kier molecular flexibility index (Phi) is 6.49. The lowest BCUT2D eigenvalue weighted by Crippen LogP contribution is -2.11. The average molecular weight is 427 g/mol. The fourth-order valence-electron chi connectivity index (χ4n) is 2.43. The van der Waals surface area contributed by atoms with Gasteiger partial charge in [-0.1, -0.05) is 40.2 Å². The first-order valence-corrected chi connectivity index (χ1v) is 9.30. The summed E-state index contributed by atoms with van der Waals surface area (Å²) in [6.45, 7) is 2.68. The van der Waals surface area contributed by atoms with Gasteiger partial charge in [-0.05, 0) is 61.0 Å². The Bertz CT molecular complexity index is 909. The summed E-state index contributed by atoms with van der Waals surface area (Å²) in [6.07, 6.45) is 0. The Morgan fingerprint density at radius 1 is 0.852 bits per heavy atom. The van der Waals surface area contributed by atoms with E-state index in [2.05, 4.69) is 15.9 Å². The maximum absolute atomic E-state index is 12.4. The zero-order chi connectivity index (χ0) is 19.1. The van der Waals surface area contributed by atoms with Crippen molar-refractivity contribution >= 4 is 21.9 Å². The van der Waals surface area contributed by atoms with Crippen LogP contribution in [-0.2, 0) is 0 Å². The van der Waals surface area contributed by atoms with E-state index in [9.17, 15) is 4.79 Å². The molecule has 0 bridgehead atoms. The predicted octanol–water partition coefficient (Wildman–Crippen LogP) is 5.43. The summed E-state index contributed by atoms with van der Waals surface area (Å²) in [4.78, 5) is 12.4. The first-order chi connectivity index (χ1) is 13.1. The van der Waals surface area contributed by atoms with E-state index in [1.807, 2.05) is 49.4 Å². The molecule has 0 unspecified atom stereocenters. The Morgan fingerprint density at radius 2 is 1.56 bits per heavy atom. The van der Waals surface area contributed by atoms with Crippen LogP contribution in [0.25, 0.3) is 0 Å². The SMILES string of the molecule is Cc1cc(Br)ccc1OC(=O)c1cccc(OCCOc2ccccc2)c1. The lowest BCUT2D eigenvalue weighted by atomic mass is 10.2. The van der Waals surface area contributed by atoms with Crippen LogP contribution in [0, 0.1) is 6.92 Å². The standard InChI is InChI=1S/C22H19BrO4/c1-16-14-18(23)10-11-21(16)27-22(24)17-6-5-9-20(15-17)26-13-12-25-19-7-3-2-4-8-19/h2-11,14-15H,12-13H2,1H3. The molecule has 138 valence electrons. The van der Waals surface area contributed by atoms with Gasteiger partial charge in [0, 0.05) is 4.47 Å². The minimum absolute atomic E-state index is 0.374. The molecule has 0 saturated heterocycles. The summed E-state index contributed by atoms with van der Waals surface area (Å²) in [5.41, 5.74) is 1.31. The molecule has 27 heavy (non-hydrogen) atoms. The zero-order valence-corrected chi connectivity index (χ0v) is 16.4. The van der Waals surface area contributed by atoms with Crippen molar-refractivity contribution in [2.75, 3.05) is 13.2 Å². The molecule has 3 aromatic rings. The lowest BCUT2D eigenvalue weighted by Gasteiger charge is -2.10. The van der Waals surface area contributed by atoms with E-state index < -0.39 is 5.97 Å². The molecule has 0 N–H and O–H groups in total. The summed E-state index contributed by atoms with van der Waals surface area (Å²) in [7, 11) is 0. The van der Waals surface area contributed by atoms with Crippen molar-refractivity contribution in [2.24, 2.45) is 0 Å². The van der Waals surface area contributed by atoms with E-state index in [0.717, 1.165) is 15.8 Å². The molecular formula is C22H19BrO4. The molecule has 3 rings (SSSR count). The van der Waals surface area contributed by atoms with Crippen molar-refractivity contribution in [3.8, 4) is 17.2 Å². The van der Waals surface area contributed by atoms with Crippen LogP contribution < -0.4 is 14.2 Å². The fraction of sp³-hybridized carbons (Fsp3) is 0.136. The number of para-hydroxylation sites is 1. The summed E-state index contributed by atoms with van der Waals surface area (Å²) < 4.78 is 17.7. The molecule has 4 nitrogen and oxygen atoms in total. The third kappa shape index (κ3) is 5.59. The first-order valence-electron chi connectivity index (χ1n) is 8.51. The van der Waals surface area contributed by atoms with Crippen molar-refractivity contribution in [2.45, 2.75) is 6.92 Å². The zero-order valence-electron chi connectivity index (χ0n) is 14.9. The van der Waals surface area contributed by atoms with Crippen LogP contribution in [-0.4, -0.2) is 19.2 Å². The fourth-order valence-corrected chi connectivity index (χ4v) is 2.91. The number of carbonyl (C=O) groups excluding carboxylic acids is 1. The second kappa shape index (κ2) is 9.24. The molecule has 0 aromatic heterocycles. The first kappa shape index (κ1) is 19.0. The second-order valence-electron chi connectivity index (χ2n) is 5.84. The van der Waals surface area contributed by atoms with E-state index >= 15 is 0 Å². The number of esters is 1. The average Bonchev–Trinajstić information content (AvgIpc) is 2.68. The molecule has 0 fully saturated rings. The molecule has 0 saturated carbocycles. The summed E-state index contributed by atoms with van der Waals surface area (Å²) >= 11 is 3.39. The van der Waals surface area contributed by atoms with Gasteiger partial charge < -0.3 is 14.2 Å². The number of hydrogen-bond donors (Lipinski definition) is 0. The van der Waals surface area contributed by atoms with Crippen molar-refractivity contribution in [1.82, 2.24) is 0 Å². The van der Waals surface area contributed by atoms with Crippen LogP contribution in [0.5, 0.6) is 17.2 Å². The molecule has 0 aliphatic rings. The third-order valence-corrected chi connectivity index (χ3v) is 4.27. The van der Waals surface area contributed by atoms with Gasteiger partial charge >= 0.3 is 5.97 Å². The smallest absolute Gasteiger partial charge is 0.343 e. The molecule has 0 aliphatic heterocycles. The van der Waals surface area contributed by atoms with Crippen LogP contribution in [0.2, 0.25) is 0 Å². The molecular weight excluding hydrogens is 408 g/mol. The molecule has 0 spiro atoms. The second-order valence-corrected chi connectivity index (χ2v) is 6.75. The molecule has 0 atom stereocenters. The predicted molar refractivity (Wildman–Crippen MR) is 108 cm³/mol. The van der Waals surface area contributed by atoms with Crippen molar-refractivity contribution < 1.29 is 19.0 Å². The maximum atomic E-state index is 12.4. The summed E-state index contributed by atoms with van der Waals surface area (Å²) in [5.74, 6) is 1.49. The van der Waals surface area contributed by atoms with E-state index in [1.54, 1.807) is 30.3 Å². The Morgan fingerprint density at radius 3 is 2.30 bits per heavy atom. The normalized spacial score (nSPS) is 10.3. The molecule has 0 amide bonds. The summed E-state index contributed by atoms with van der Waals surface area (Å²) in [5, 5.41) is 0. The van der Waals surface area contributed by atoms with E-state index in [1.165, 1.54) is 0 Å². The van der Waals surface area contributed by atoms with Crippen molar-refractivity contribution in [3.63, 3.8) is 0 Å². The third-order valence-electron chi connectivity index (χ3n) is 3.77. The highest BCUT2D eigenvalue weighted by Gasteiger charge is 2.11. The van der Waals surface area contributed by atoms with Crippen LogP contribution in [0.1, 0.15) is 15.9 Å². The Hall–Kier alpha value is -2.79. The molecule has 0 aliphatic carbocycles. The van der Waals surface area contributed by atoms with Gasteiger partial charge in [0.05, 0.1) is 5.56 Å². The number of hydrogen-bond acceptors (Lipinski definition) is 4. The minimum atomic E-state index is -0.425. The number of ether oxygens (including phenoxy) is 3. The van der Waals surface area contributed by atoms with Crippen LogP contribution in [0.4, 0.5) is 0 Å². The highest BCUT2D eigenvalue weighted by molar-refractivity contribution is 9.10. The quantitative estimate of drug-likeness (QED) is 0.286. The molecule has 5 heteroatoms. The van der Waals surface area contributed by atoms with Crippen LogP contribution in [0.3, 0.4) is 0 Å². The van der Waals surface area contributed by atoms with Crippen LogP contribution >= 0.6 is 15.9 Å². The van der Waals surface area contributed by atoms with Gasteiger partial charge in [0.2, 0.25) is 0 Å². The van der Waals surface area contributed by atoms with E-state index in [-0.39, 0.29) is 0 Å². The van der Waals surface area contributed by atoms with Gasteiger partial charge in [0.15, 0.2) is 0 Å². The monoisotopic (exact) mass is 426 g/mol. The highest BCUT2D eigenvalue weighted by Crippen LogP contribution is 2.23. The largest absolute Gasteiger partial charge is 0.490 e. The molecule has 3 aromatic carbocycles. The number of rotatable bonds is 7. The number of benzene rings is 3. The Labute approximate surface area is 166 Å². The number of carbonyl (C=O) groups is 1.